The Morgan fingerprint density at radius 2 is 2.00 bits per heavy atom. The zero-order chi connectivity index (χ0) is 11.1. The highest BCUT2D eigenvalue weighted by atomic mass is 16.4. The lowest BCUT2D eigenvalue weighted by atomic mass is 9.88. The maximum Gasteiger partial charge on any atom is 0.330 e. The molecule has 0 amide bonds. The van der Waals surface area contributed by atoms with Crippen LogP contribution in [0, 0.1) is 11.8 Å². The predicted molar refractivity (Wildman–Crippen MR) is 59.2 cm³/mol. The molecule has 0 fully saturated rings. The summed E-state index contributed by atoms with van der Waals surface area (Å²) in [6.45, 7) is 10.1. The highest BCUT2D eigenvalue weighted by molar-refractivity contribution is 5.85. The molecule has 1 atom stereocenters. The summed E-state index contributed by atoms with van der Waals surface area (Å²) in [5.41, 5.74) is 0.351. The summed E-state index contributed by atoms with van der Waals surface area (Å²) in [5, 5.41) is 8.73. The van der Waals surface area contributed by atoms with E-state index in [0.29, 0.717) is 23.8 Å². The van der Waals surface area contributed by atoms with Gasteiger partial charge >= 0.3 is 5.97 Å². The number of aliphatic carboxylic acids is 1. The number of hydrogen-bond acceptors (Lipinski definition) is 1. The lowest BCUT2D eigenvalue weighted by Crippen LogP contribution is -2.09. The molecule has 0 radical (unpaired) electrons. The van der Waals surface area contributed by atoms with Gasteiger partial charge in [-0.25, -0.2) is 4.79 Å². The largest absolute Gasteiger partial charge is 0.478 e. The number of carbonyl (C=O) groups is 1. The molecular formula is C12H22O2. The molecule has 82 valence electrons. The third kappa shape index (κ3) is 5.79. The van der Waals surface area contributed by atoms with E-state index in [1.54, 1.807) is 0 Å². The van der Waals surface area contributed by atoms with Crippen LogP contribution in [-0.4, -0.2) is 11.1 Å². The molecule has 0 heterocycles. The Bertz CT molecular complexity index is 194. The topological polar surface area (TPSA) is 37.3 Å². The highest BCUT2D eigenvalue weighted by Crippen LogP contribution is 2.23. The first-order valence-electron chi connectivity index (χ1n) is 5.38. The first-order valence-corrected chi connectivity index (χ1v) is 5.38. The average molecular weight is 198 g/mol. The summed E-state index contributed by atoms with van der Waals surface area (Å²) < 4.78 is 0. The molecule has 0 aromatic heterocycles. The summed E-state index contributed by atoms with van der Waals surface area (Å²) in [4.78, 5) is 10.6. The smallest absolute Gasteiger partial charge is 0.330 e. The molecule has 0 aliphatic heterocycles. The second kappa shape index (κ2) is 6.63. The van der Waals surface area contributed by atoms with E-state index in [1.807, 2.05) is 0 Å². The van der Waals surface area contributed by atoms with Gasteiger partial charge in [0.1, 0.15) is 0 Å². The van der Waals surface area contributed by atoms with Gasteiger partial charge in [-0.1, -0.05) is 40.2 Å². The van der Waals surface area contributed by atoms with Crippen LogP contribution in [0.1, 0.15) is 46.5 Å². The van der Waals surface area contributed by atoms with Crippen molar-refractivity contribution in [2.75, 3.05) is 0 Å². The Labute approximate surface area is 87.0 Å². The lowest BCUT2D eigenvalue weighted by Gasteiger charge is -2.18. The quantitative estimate of drug-likeness (QED) is 0.636. The van der Waals surface area contributed by atoms with Crippen LogP contribution in [0.15, 0.2) is 12.2 Å². The average Bonchev–Trinajstić information content (AvgIpc) is 2.02. The van der Waals surface area contributed by atoms with Crippen molar-refractivity contribution in [3.05, 3.63) is 12.2 Å². The van der Waals surface area contributed by atoms with E-state index in [4.69, 9.17) is 5.11 Å². The van der Waals surface area contributed by atoms with E-state index in [1.165, 1.54) is 0 Å². The molecule has 0 rings (SSSR count). The first-order chi connectivity index (χ1) is 6.47. The molecule has 0 aromatic rings. The van der Waals surface area contributed by atoms with Crippen molar-refractivity contribution < 1.29 is 9.90 Å². The van der Waals surface area contributed by atoms with E-state index in [9.17, 15) is 4.79 Å². The minimum Gasteiger partial charge on any atom is -0.478 e. The highest BCUT2D eigenvalue weighted by Gasteiger charge is 2.14. The van der Waals surface area contributed by atoms with Gasteiger partial charge in [-0.05, 0) is 24.7 Å². The van der Waals surface area contributed by atoms with Gasteiger partial charge in [-0.15, -0.1) is 0 Å². The van der Waals surface area contributed by atoms with Crippen LogP contribution < -0.4 is 0 Å². The minimum absolute atomic E-state index is 0.351. The molecule has 0 saturated heterocycles. The van der Waals surface area contributed by atoms with E-state index in [2.05, 4.69) is 27.4 Å². The van der Waals surface area contributed by atoms with Crippen LogP contribution in [0.5, 0.6) is 0 Å². The molecule has 2 nitrogen and oxygen atoms in total. The van der Waals surface area contributed by atoms with Crippen molar-refractivity contribution in [1.82, 2.24) is 0 Å². The van der Waals surface area contributed by atoms with Crippen LogP contribution in [0.2, 0.25) is 0 Å². The molecule has 14 heavy (non-hydrogen) atoms. The molecule has 0 spiro atoms. The first kappa shape index (κ1) is 13.2. The normalized spacial score (nSPS) is 12.9. The Balaban J connectivity index is 4.08. The van der Waals surface area contributed by atoms with Crippen molar-refractivity contribution >= 4 is 5.97 Å². The second-order valence-electron chi connectivity index (χ2n) is 4.40. The van der Waals surface area contributed by atoms with Crippen LogP contribution in [0.3, 0.4) is 0 Å². The van der Waals surface area contributed by atoms with E-state index in [0.717, 1.165) is 19.3 Å². The van der Waals surface area contributed by atoms with Crippen molar-refractivity contribution in [2.45, 2.75) is 46.5 Å². The molecule has 2 heteroatoms. The number of carboxylic acids is 1. The van der Waals surface area contributed by atoms with Crippen LogP contribution in [-0.2, 0) is 4.79 Å². The monoisotopic (exact) mass is 198 g/mol. The minimum atomic E-state index is -0.852. The predicted octanol–water partition coefficient (Wildman–Crippen LogP) is 3.48. The SMILES string of the molecule is C=C(CC(CCC)CC(C)C)C(=O)O. The van der Waals surface area contributed by atoms with Crippen LogP contribution >= 0.6 is 0 Å². The summed E-state index contributed by atoms with van der Waals surface area (Å²) in [5.74, 6) is 0.270. The van der Waals surface area contributed by atoms with E-state index >= 15 is 0 Å². The molecule has 0 saturated carbocycles. The van der Waals surface area contributed by atoms with Gasteiger partial charge in [0.05, 0.1) is 0 Å². The third-order valence-electron chi connectivity index (χ3n) is 2.34. The molecule has 0 aliphatic rings. The maximum atomic E-state index is 10.6. The van der Waals surface area contributed by atoms with Gasteiger partial charge in [0.2, 0.25) is 0 Å². The Morgan fingerprint density at radius 1 is 1.43 bits per heavy atom. The fourth-order valence-corrected chi connectivity index (χ4v) is 1.81. The Kier molecular flexibility index (Phi) is 6.26. The molecular weight excluding hydrogens is 176 g/mol. The van der Waals surface area contributed by atoms with E-state index < -0.39 is 5.97 Å². The zero-order valence-electron chi connectivity index (χ0n) is 9.55. The van der Waals surface area contributed by atoms with Crippen molar-refractivity contribution in [3.8, 4) is 0 Å². The van der Waals surface area contributed by atoms with Gasteiger partial charge < -0.3 is 5.11 Å². The van der Waals surface area contributed by atoms with Gasteiger partial charge in [-0.3, -0.25) is 0 Å². The second-order valence-corrected chi connectivity index (χ2v) is 4.40. The fraction of sp³-hybridized carbons (Fsp3) is 0.750. The maximum absolute atomic E-state index is 10.6. The molecule has 1 unspecified atom stereocenters. The molecule has 0 bridgehead atoms. The zero-order valence-corrected chi connectivity index (χ0v) is 9.55. The van der Waals surface area contributed by atoms with Gasteiger partial charge in [-0.2, -0.15) is 0 Å². The Morgan fingerprint density at radius 3 is 2.36 bits per heavy atom. The Hall–Kier alpha value is -0.790. The van der Waals surface area contributed by atoms with E-state index in [-0.39, 0.29) is 0 Å². The molecule has 0 aliphatic carbocycles. The van der Waals surface area contributed by atoms with Gasteiger partial charge in [0.25, 0.3) is 0 Å². The number of rotatable bonds is 7. The summed E-state index contributed by atoms with van der Waals surface area (Å²) in [7, 11) is 0. The van der Waals surface area contributed by atoms with Crippen molar-refractivity contribution in [3.63, 3.8) is 0 Å². The standard InChI is InChI=1S/C12H22O2/c1-5-6-11(7-9(2)3)8-10(4)12(13)14/h9,11H,4-8H2,1-3H3,(H,13,14). The molecule has 1 N–H and O–H groups in total. The van der Waals surface area contributed by atoms with Crippen molar-refractivity contribution in [2.24, 2.45) is 11.8 Å². The van der Waals surface area contributed by atoms with Crippen LogP contribution in [0.4, 0.5) is 0 Å². The fourth-order valence-electron chi connectivity index (χ4n) is 1.81. The van der Waals surface area contributed by atoms with Gasteiger partial charge in [0.15, 0.2) is 0 Å². The summed E-state index contributed by atoms with van der Waals surface area (Å²) in [6, 6.07) is 0. The summed E-state index contributed by atoms with van der Waals surface area (Å²) >= 11 is 0. The number of hydrogen-bond donors (Lipinski definition) is 1. The lowest BCUT2D eigenvalue weighted by molar-refractivity contribution is -0.132. The number of carboxylic acid groups (broad SMARTS) is 1. The van der Waals surface area contributed by atoms with Crippen molar-refractivity contribution in [1.29, 1.82) is 0 Å². The third-order valence-corrected chi connectivity index (χ3v) is 2.34. The van der Waals surface area contributed by atoms with Gasteiger partial charge in [0, 0.05) is 5.57 Å². The summed E-state index contributed by atoms with van der Waals surface area (Å²) in [6.07, 6.45) is 3.95. The molecule has 0 aromatic carbocycles. The van der Waals surface area contributed by atoms with Crippen LogP contribution in [0.25, 0.3) is 0 Å².